The molecule has 0 N–H and O–H groups in total. The molecule has 0 saturated carbocycles. The lowest BCUT2D eigenvalue weighted by Crippen LogP contribution is -1.81. The Labute approximate surface area is 74.1 Å². The van der Waals surface area contributed by atoms with E-state index in [1.165, 1.54) is 18.9 Å². The van der Waals surface area contributed by atoms with Gasteiger partial charge in [-0.1, -0.05) is 26.2 Å². The molecule has 12 heavy (non-hydrogen) atoms. The highest BCUT2D eigenvalue weighted by molar-refractivity contribution is 5.26. The number of unbranched alkanes of at least 4 members (excludes halogenated alkanes) is 3. The summed E-state index contributed by atoms with van der Waals surface area (Å²) < 4.78 is 0. The number of hydrogen-bond donors (Lipinski definition) is 0. The Morgan fingerprint density at radius 1 is 1.25 bits per heavy atom. The molecule has 0 fully saturated rings. The van der Waals surface area contributed by atoms with Crippen LogP contribution >= 0.6 is 0 Å². The fourth-order valence-electron chi connectivity index (χ4n) is 0.980. The molecule has 0 radical (unpaired) electrons. The maximum atomic E-state index is 8.54. The molecule has 0 rings (SSSR count). The predicted molar refractivity (Wildman–Crippen MR) is 48.1 cm³/mol. The molecule has 0 saturated heterocycles. The van der Waals surface area contributed by atoms with E-state index in [1.54, 1.807) is 0 Å². The van der Waals surface area contributed by atoms with E-state index in [-0.39, 0.29) is 0 Å². The Morgan fingerprint density at radius 3 is 2.50 bits per heavy atom. The third-order valence-corrected chi connectivity index (χ3v) is 1.68. The van der Waals surface area contributed by atoms with Crippen LogP contribution in [0, 0.1) is 22.7 Å². The topological polar surface area (TPSA) is 47.6 Å². The zero-order valence-electron chi connectivity index (χ0n) is 7.51. The first-order chi connectivity index (χ1) is 5.85. The van der Waals surface area contributed by atoms with Crippen molar-refractivity contribution in [2.75, 3.05) is 0 Å². The quantitative estimate of drug-likeness (QED) is 0.461. The van der Waals surface area contributed by atoms with Crippen LogP contribution in [-0.2, 0) is 0 Å². The van der Waals surface area contributed by atoms with Crippen LogP contribution < -0.4 is 0 Å². The van der Waals surface area contributed by atoms with Gasteiger partial charge in [-0.05, 0) is 12.8 Å². The summed E-state index contributed by atoms with van der Waals surface area (Å²) in [4.78, 5) is 0. The van der Waals surface area contributed by atoms with Crippen molar-refractivity contribution in [3.8, 4) is 12.1 Å². The molecule has 0 aliphatic rings. The minimum atomic E-state index is 0.605. The molecule has 0 aliphatic carbocycles. The molecule has 64 valence electrons. The van der Waals surface area contributed by atoms with Gasteiger partial charge in [-0.3, -0.25) is 0 Å². The van der Waals surface area contributed by atoms with Crippen molar-refractivity contribution in [2.45, 2.75) is 39.0 Å². The van der Waals surface area contributed by atoms with Gasteiger partial charge in [0.05, 0.1) is 12.1 Å². The summed E-state index contributed by atoms with van der Waals surface area (Å²) >= 11 is 0. The van der Waals surface area contributed by atoms with Gasteiger partial charge in [-0.25, -0.2) is 0 Å². The second-order valence-electron chi connectivity index (χ2n) is 2.72. The highest BCUT2D eigenvalue weighted by Crippen LogP contribution is 2.08. The van der Waals surface area contributed by atoms with Crippen LogP contribution in [-0.4, -0.2) is 0 Å². The average Bonchev–Trinajstić information content (AvgIpc) is 2.10. The Bertz CT molecular complexity index is 215. The van der Waals surface area contributed by atoms with Gasteiger partial charge in [-0.15, -0.1) is 0 Å². The molecule has 2 heteroatoms. The van der Waals surface area contributed by atoms with E-state index in [4.69, 9.17) is 10.5 Å². The minimum Gasteiger partial charge on any atom is -0.193 e. The molecule has 0 heterocycles. The summed E-state index contributed by atoms with van der Waals surface area (Å²) in [6, 6.07) is 3.89. The number of hydrogen-bond acceptors (Lipinski definition) is 2. The maximum Gasteiger partial charge on any atom is 0.0954 e. The third-order valence-electron chi connectivity index (χ3n) is 1.68. The van der Waals surface area contributed by atoms with Crippen LogP contribution in [0.5, 0.6) is 0 Å². The van der Waals surface area contributed by atoms with Crippen LogP contribution in [0.2, 0.25) is 0 Å². The summed E-state index contributed by atoms with van der Waals surface area (Å²) in [5, 5.41) is 16.8. The molecule has 0 aliphatic heterocycles. The van der Waals surface area contributed by atoms with Crippen molar-refractivity contribution >= 4 is 0 Å². The van der Waals surface area contributed by atoms with Gasteiger partial charge in [0.1, 0.15) is 0 Å². The molecule has 0 bridgehead atoms. The molecule has 0 amide bonds. The zero-order chi connectivity index (χ0) is 9.23. The van der Waals surface area contributed by atoms with E-state index in [9.17, 15) is 0 Å². The molecule has 0 aromatic carbocycles. The van der Waals surface area contributed by atoms with Gasteiger partial charge >= 0.3 is 0 Å². The normalized spacial score (nSPS) is 10.4. The Kier molecular flexibility index (Phi) is 6.99. The monoisotopic (exact) mass is 162 g/mol. The third kappa shape index (κ3) is 5.50. The van der Waals surface area contributed by atoms with Crippen molar-refractivity contribution < 1.29 is 0 Å². The van der Waals surface area contributed by atoms with Gasteiger partial charge in [0.2, 0.25) is 0 Å². The lowest BCUT2D eigenvalue weighted by atomic mass is 10.1. The minimum absolute atomic E-state index is 0.605. The standard InChI is InChI=1S/C10H14N2/c1-2-3-4-5-6-10(9-12)7-8-11/h7H,2-6H2,1H3/b10-7+. The van der Waals surface area contributed by atoms with E-state index >= 15 is 0 Å². The fraction of sp³-hybridized carbons (Fsp3) is 0.600. The average molecular weight is 162 g/mol. The first-order valence-corrected chi connectivity index (χ1v) is 4.34. The molecule has 2 nitrogen and oxygen atoms in total. The summed E-state index contributed by atoms with van der Waals surface area (Å²) in [7, 11) is 0. The summed E-state index contributed by atoms with van der Waals surface area (Å²) in [5.41, 5.74) is 0.605. The lowest BCUT2D eigenvalue weighted by Gasteiger charge is -1.96. The van der Waals surface area contributed by atoms with E-state index in [0.717, 1.165) is 19.3 Å². The van der Waals surface area contributed by atoms with Crippen LogP contribution in [0.3, 0.4) is 0 Å². The van der Waals surface area contributed by atoms with E-state index < -0.39 is 0 Å². The fourth-order valence-corrected chi connectivity index (χ4v) is 0.980. The van der Waals surface area contributed by atoms with Crippen molar-refractivity contribution in [3.05, 3.63) is 11.6 Å². The number of nitrogens with zero attached hydrogens (tertiary/aromatic N) is 2. The molecule has 0 aromatic heterocycles. The van der Waals surface area contributed by atoms with Crippen LogP contribution in [0.15, 0.2) is 11.6 Å². The van der Waals surface area contributed by atoms with Gasteiger partial charge in [-0.2, -0.15) is 10.5 Å². The molecule has 0 atom stereocenters. The second-order valence-corrected chi connectivity index (χ2v) is 2.72. The summed E-state index contributed by atoms with van der Waals surface area (Å²) in [6.07, 6.45) is 6.68. The van der Waals surface area contributed by atoms with Crippen molar-refractivity contribution in [3.63, 3.8) is 0 Å². The van der Waals surface area contributed by atoms with Crippen LogP contribution in [0.1, 0.15) is 39.0 Å². The van der Waals surface area contributed by atoms with Crippen molar-refractivity contribution in [1.82, 2.24) is 0 Å². The first kappa shape index (κ1) is 10.7. The van der Waals surface area contributed by atoms with Gasteiger partial charge < -0.3 is 0 Å². The molecule has 0 spiro atoms. The number of allylic oxidation sites excluding steroid dienone is 2. The number of rotatable bonds is 5. The molecular formula is C10H14N2. The van der Waals surface area contributed by atoms with E-state index in [0.29, 0.717) is 5.57 Å². The summed E-state index contributed by atoms with van der Waals surface area (Å²) in [6.45, 7) is 2.15. The Balaban J connectivity index is 3.56. The van der Waals surface area contributed by atoms with Crippen molar-refractivity contribution in [1.29, 1.82) is 10.5 Å². The first-order valence-electron chi connectivity index (χ1n) is 4.34. The summed E-state index contributed by atoms with van der Waals surface area (Å²) in [5.74, 6) is 0. The maximum absolute atomic E-state index is 8.54. The lowest BCUT2D eigenvalue weighted by molar-refractivity contribution is 0.669. The van der Waals surface area contributed by atoms with Crippen LogP contribution in [0.4, 0.5) is 0 Å². The van der Waals surface area contributed by atoms with Gasteiger partial charge in [0.25, 0.3) is 0 Å². The zero-order valence-corrected chi connectivity index (χ0v) is 7.51. The van der Waals surface area contributed by atoms with Gasteiger partial charge in [0, 0.05) is 11.6 Å². The van der Waals surface area contributed by atoms with Crippen molar-refractivity contribution in [2.24, 2.45) is 0 Å². The number of nitriles is 2. The Hall–Kier alpha value is -1.28. The molecule has 0 unspecified atom stereocenters. The highest BCUT2D eigenvalue weighted by atomic mass is 14.3. The van der Waals surface area contributed by atoms with Crippen LogP contribution in [0.25, 0.3) is 0 Å². The highest BCUT2D eigenvalue weighted by Gasteiger charge is 1.94. The largest absolute Gasteiger partial charge is 0.193 e. The second kappa shape index (κ2) is 7.82. The van der Waals surface area contributed by atoms with Gasteiger partial charge in [0.15, 0.2) is 0 Å². The van der Waals surface area contributed by atoms with E-state index in [2.05, 4.69) is 6.92 Å². The SMILES string of the molecule is CCCCCC/C(C#N)=C\C#N. The molecular weight excluding hydrogens is 148 g/mol. The predicted octanol–water partition coefficient (Wildman–Crippen LogP) is 2.93. The van der Waals surface area contributed by atoms with E-state index in [1.807, 2.05) is 12.1 Å². The molecule has 0 aromatic rings. The Morgan fingerprint density at radius 2 is 2.00 bits per heavy atom. The smallest absolute Gasteiger partial charge is 0.0954 e.